The van der Waals surface area contributed by atoms with Crippen molar-refractivity contribution >= 4 is 17.6 Å². The predicted molar refractivity (Wildman–Crippen MR) is 109 cm³/mol. The average Bonchev–Trinajstić information content (AvgIpc) is 2.89. The molecule has 0 saturated carbocycles. The highest BCUT2D eigenvalue weighted by Crippen LogP contribution is 2.45. The van der Waals surface area contributed by atoms with Crippen LogP contribution < -0.4 is 10.6 Å². The third-order valence-corrected chi connectivity index (χ3v) is 5.02. The first-order valence-corrected chi connectivity index (χ1v) is 9.36. The molecular formula is C22H24N2O4. The molecule has 4 N–H and O–H groups in total. The lowest BCUT2D eigenvalue weighted by atomic mass is 9.86. The van der Waals surface area contributed by atoms with Crippen molar-refractivity contribution in [3.63, 3.8) is 0 Å². The molecule has 0 bridgehead atoms. The van der Waals surface area contributed by atoms with Crippen molar-refractivity contribution in [1.29, 1.82) is 0 Å². The first-order chi connectivity index (χ1) is 13.6. The molecular weight excluding hydrogens is 356 g/mol. The molecule has 0 radical (unpaired) electrons. The summed E-state index contributed by atoms with van der Waals surface area (Å²) in [7, 11) is 0. The standard InChI is InChI=1S/C18H20N2.C4H4O4/c1-2-5-13(6-3-1)14-7-4-8-17-18(14)15-9-11-19-12-10-16(15)20-17;5-3(6)1-2-4(7)8/h1-8,15-16,19-20H,9-12H2;1-2H,(H,5,6)(H,7,8)/t15-,16-;/m1./s1. The molecule has 0 spiro atoms. The first-order valence-electron chi connectivity index (χ1n) is 9.36. The van der Waals surface area contributed by atoms with Crippen molar-refractivity contribution < 1.29 is 19.8 Å². The third kappa shape index (κ3) is 4.78. The van der Waals surface area contributed by atoms with Crippen LogP contribution in [-0.2, 0) is 9.59 Å². The zero-order valence-corrected chi connectivity index (χ0v) is 15.5. The summed E-state index contributed by atoms with van der Waals surface area (Å²) in [6, 6.07) is 18.1. The second-order valence-corrected chi connectivity index (χ2v) is 6.83. The molecule has 2 aromatic rings. The van der Waals surface area contributed by atoms with Gasteiger partial charge in [0.1, 0.15) is 0 Å². The Balaban J connectivity index is 0.000000242. The van der Waals surface area contributed by atoms with Gasteiger partial charge in [0.15, 0.2) is 0 Å². The highest BCUT2D eigenvalue weighted by Gasteiger charge is 2.34. The molecule has 0 aromatic heterocycles. The van der Waals surface area contributed by atoms with Gasteiger partial charge in [-0.2, -0.15) is 0 Å². The number of carboxylic acids is 2. The quantitative estimate of drug-likeness (QED) is 0.610. The number of carboxylic acid groups (broad SMARTS) is 2. The van der Waals surface area contributed by atoms with Gasteiger partial charge in [-0.15, -0.1) is 0 Å². The van der Waals surface area contributed by atoms with Crippen LogP contribution in [-0.4, -0.2) is 41.3 Å². The monoisotopic (exact) mass is 380 g/mol. The average molecular weight is 380 g/mol. The van der Waals surface area contributed by atoms with E-state index in [1.807, 2.05) is 0 Å². The van der Waals surface area contributed by atoms with Crippen molar-refractivity contribution in [3.8, 4) is 11.1 Å². The molecule has 6 nitrogen and oxygen atoms in total. The zero-order valence-electron chi connectivity index (χ0n) is 15.5. The van der Waals surface area contributed by atoms with E-state index in [9.17, 15) is 9.59 Å². The van der Waals surface area contributed by atoms with Crippen LogP contribution in [0.25, 0.3) is 11.1 Å². The van der Waals surface area contributed by atoms with Gasteiger partial charge in [0.05, 0.1) is 0 Å². The highest BCUT2D eigenvalue weighted by atomic mass is 16.4. The Hall–Kier alpha value is -3.12. The number of carbonyl (C=O) groups is 2. The molecule has 1 fully saturated rings. The lowest BCUT2D eigenvalue weighted by molar-refractivity contribution is -0.134. The Labute approximate surface area is 163 Å². The van der Waals surface area contributed by atoms with Crippen molar-refractivity contribution in [2.45, 2.75) is 24.8 Å². The summed E-state index contributed by atoms with van der Waals surface area (Å²) in [6.45, 7) is 2.26. The van der Waals surface area contributed by atoms with Gasteiger partial charge in [-0.05, 0) is 48.7 Å². The maximum Gasteiger partial charge on any atom is 0.328 e. The molecule has 0 amide bonds. The SMILES string of the molecule is O=C(O)C=CC(=O)O.c1ccc(-c2cccc3c2[C@@H]2CCNCC[C@H]2N3)cc1. The van der Waals surface area contributed by atoms with E-state index in [1.54, 1.807) is 0 Å². The Bertz CT molecular complexity index is 848. The summed E-state index contributed by atoms with van der Waals surface area (Å²) in [6.07, 6.45) is 3.56. The van der Waals surface area contributed by atoms with Crippen LogP contribution in [0.2, 0.25) is 0 Å². The van der Waals surface area contributed by atoms with Gasteiger partial charge in [-0.25, -0.2) is 9.59 Å². The van der Waals surface area contributed by atoms with Crippen LogP contribution in [0.1, 0.15) is 24.3 Å². The van der Waals surface area contributed by atoms with Crippen LogP contribution in [0.5, 0.6) is 0 Å². The van der Waals surface area contributed by atoms with Crippen LogP contribution >= 0.6 is 0 Å². The van der Waals surface area contributed by atoms with E-state index in [1.165, 1.54) is 35.2 Å². The Morgan fingerprint density at radius 2 is 1.57 bits per heavy atom. The smallest absolute Gasteiger partial charge is 0.328 e. The van der Waals surface area contributed by atoms with Crippen molar-refractivity contribution in [2.75, 3.05) is 18.4 Å². The molecule has 2 aromatic carbocycles. The van der Waals surface area contributed by atoms with Crippen molar-refractivity contribution in [2.24, 2.45) is 0 Å². The minimum absolute atomic E-state index is 0.558. The number of fused-ring (bicyclic) bond motifs is 3. The predicted octanol–water partition coefficient (Wildman–Crippen LogP) is 3.33. The number of aliphatic carboxylic acids is 2. The van der Waals surface area contributed by atoms with E-state index in [4.69, 9.17) is 10.2 Å². The fourth-order valence-electron chi connectivity index (χ4n) is 3.86. The Morgan fingerprint density at radius 3 is 2.25 bits per heavy atom. The van der Waals surface area contributed by atoms with Gasteiger partial charge >= 0.3 is 11.9 Å². The van der Waals surface area contributed by atoms with E-state index in [-0.39, 0.29) is 0 Å². The highest BCUT2D eigenvalue weighted by molar-refractivity contribution is 5.89. The first kappa shape index (κ1) is 19.6. The van der Waals surface area contributed by atoms with Crippen LogP contribution in [0.15, 0.2) is 60.7 Å². The van der Waals surface area contributed by atoms with Crippen LogP contribution in [0.4, 0.5) is 5.69 Å². The van der Waals surface area contributed by atoms with Gasteiger partial charge in [0.2, 0.25) is 0 Å². The summed E-state index contributed by atoms with van der Waals surface area (Å²) in [5, 5.41) is 22.9. The molecule has 0 unspecified atom stereocenters. The van der Waals surface area contributed by atoms with Crippen LogP contribution in [0.3, 0.4) is 0 Å². The van der Waals surface area contributed by atoms with E-state index in [0.717, 1.165) is 13.1 Å². The van der Waals surface area contributed by atoms with Gasteiger partial charge in [0, 0.05) is 29.8 Å². The van der Waals surface area contributed by atoms with E-state index in [2.05, 4.69) is 59.2 Å². The second-order valence-electron chi connectivity index (χ2n) is 6.83. The molecule has 2 aliphatic rings. The number of hydrogen-bond donors (Lipinski definition) is 4. The molecule has 0 aliphatic carbocycles. The third-order valence-electron chi connectivity index (χ3n) is 5.02. The summed E-state index contributed by atoms with van der Waals surface area (Å²) >= 11 is 0. The lowest BCUT2D eigenvalue weighted by Gasteiger charge is -2.18. The summed E-state index contributed by atoms with van der Waals surface area (Å²) in [4.78, 5) is 19.1. The zero-order chi connectivity index (χ0) is 19.9. The normalized spacial score (nSPS) is 20.1. The number of rotatable bonds is 3. The molecule has 2 atom stereocenters. The Kier molecular flexibility index (Phi) is 6.45. The topological polar surface area (TPSA) is 98.7 Å². The minimum atomic E-state index is -1.26. The van der Waals surface area contributed by atoms with Crippen LogP contribution in [0, 0.1) is 0 Å². The second kappa shape index (κ2) is 9.19. The minimum Gasteiger partial charge on any atom is -0.478 e. The van der Waals surface area contributed by atoms with Gasteiger partial charge in [0.25, 0.3) is 0 Å². The Morgan fingerprint density at radius 1 is 0.893 bits per heavy atom. The maximum absolute atomic E-state index is 9.55. The number of anilines is 1. The molecule has 2 aliphatic heterocycles. The van der Waals surface area contributed by atoms with E-state index in [0.29, 0.717) is 24.1 Å². The molecule has 1 saturated heterocycles. The summed E-state index contributed by atoms with van der Waals surface area (Å²) in [5.74, 6) is -1.86. The maximum atomic E-state index is 9.55. The molecule has 4 rings (SSSR count). The molecule has 2 heterocycles. The molecule has 28 heavy (non-hydrogen) atoms. The van der Waals surface area contributed by atoms with Crippen molar-refractivity contribution in [1.82, 2.24) is 5.32 Å². The number of nitrogens with one attached hydrogen (secondary N) is 2. The van der Waals surface area contributed by atoms with Gasteiger partial charge in [-0.1, -0.05) is 42.5 Å². The number of hydrogen-bond acceptors (Lipinski definition) is 4. The lowest BCUT2D eigenvalue weighted by Crippen LogP contribution is -2.21. The van der Waals surface area contributed by atoms with Gasteiger partial charge < -0.3 is 20.8 Å². The van der Waals surface area contributed by atoms with E-state index >= 15 is 0 Å². The summed E-state index contributed by atoms with van der Waals surface area (Å²) < 4.78 is 0. The molecule has 6 heteroatoms. The van der Waals surface area contributed by atoms with Gasteiger partial charge in [-0.3, -0.25) is 0 Å². The fourth-order valence-corrected chi connectivity index (χ4v) is 3.86. The number of benzene rings is 2. The van der Waals surface area contributed by atoms with Crippen molar-refractivity contribution in [3.05, 3.63) is 66.2 Å². The largest absolute Gasteiger partial charge is 0.478 e. The van der Waals surface area contributed by atoms with E-state index < -0.39 is 11.9 Å². The summed E-state index contributed by atoms with van der Waals surface area (Å²) in [5.41, 5.74) is 5.63. The fraction of sp³-hybridized carbons (Fsp3) is 0.273. The molecule has 146 valence electrons.